The third kappa shape index (κ3) is 3.29. The number of hydrogen-bond acceptors (Lipinski definition) is 5. The van der Waals surface area contributed by atoms with Gasteiger partial charge in [0, 0.05) is 11.6 Å². The third-order valence-electron chi connectivity index (χ3n) is 2.81. The predicted octanol–water partition coefficient (Wildman–Crippen LogP) is 3.89. The Bertz CT molecular complexity index is 787. The second-order valence-corrected chi connectivity index (χ2v) is 5.38. The van der Waals surface area contributed by atoms with Gasteiger partial charge in [-0.3, -0.25) is 10.1 Å². The van der Waals surface area contributed by atoms with E-state index in [1.54, 1.807) is 30.5 Å². The Kier molecular flexibility index (Phi) is 4.11. The Morgan fingerprint density at radius 2 is 2.00 bits per heavy atom. The van der Waals surface area contributed by atoms with Gasteiger partial charge in [-0.05, 0) is 31.2 Å². The number of amides is 1. The van der Waals surface area contributed by atoms with Crippen LogP contribution in [-0.4, -0.2) is 15.9 Å². The molecule has 2 heterocycles. The van der Waals surface area contributed by atoms with Gasteiger partial charge in [-0.2, -0.15) is 0 Å². The van der Waals surface area contributed by atoms with E-state index in [-0.39, 0.29) is 11.8 Å². The number of nitrogens with zero attached hydrogens (tertiary/aromatic N) is 2. The van der Waals surface area contributed by atoms with Crippen LogP contribution in [0.1, 0.15) is 16.1 Å². The van der Waals surface area contributed by atoms with E-state index >= 15 is 0 Å². The summed E-state index contributed by atoms with van der Waals surface area (Å²) in [5, 5.41) is 5.18. The van der Waals surface area contributed by atoms with Gasteiger partial charge in [0.05, 0.1) is 5.69 Å². The fourth-order valence-corrected chi connectivity index (χ4v) is 2.50. The van der Waals surface area contributed by atoms with Gasteiger partial charge in [0.25, 0.3) is 5.91 Å². The molecule has 0 saturated carbocycles. The molecule has 22 heavy (non-hydrogen) atoms. The molecule has 1 amide bonds. The SMILES string of the molecule is Cc1csc(NC(=O)c2cccnc2Oc2ccccc2)n1. The molecule has 6 heteroatoms. The van der Waals surface area contributed by atoms with Gasteiger partial charge in [-0.1, -0.05) is 18.2 Å². The van der Waals surface area contributed by atoms with Crippen LogP contribution in [0.25, 0.3) is 0 Å². The number of nitrogens with one attached hydrogen (secondary N) is 1. The second kappa shape index (κ2) is 6.36. The number of thiazole rings is 1. The molecule has 110 valence electrons. The van der Waals surface area contributed by atoms with Crippen LogP contribution in [0.2, 0.25) is 0 Å². The van der Waals surface area contributed by atoms with E-state index in [9.17, 15) is 4.79 Å². The predicted molar refractivity (Wildman–Crippen MR) is 85.6 cm³/mol. The van der Waals surface area contributed by atoms with Crippen molar-refractivity contribution in [3.63, 3.8) is 0 Å². The zero-order valence-corrected chi connectivity index (χ0v) is 12.6. The molecule has 1 N–H and O–H groups in total. The van der Waals surface area contributed by atoms with Crippen molar-refractivity contribution >= 4 is 22.4 Å². The van der Waals surface area contributed by atoms with Crippen LogP contribution >= 0.6 is 11.3 Å². The number of benzene rings is 1. The second-order valence-electron chi connectivity index (χ2n) is 4.52. The monoisotopic (exact) mass is 311 g/mol. The first-order valence-electron chi connectivity index (χ1n) is 6.64. The first-order chi connectivity index (χ1) is 10.7. The lowest BCUT2D eigenvalue weighted by molar-refractivity contribution is 0.102. The molecule has 0 aliphatic rings. The number of ether oxygens (including phenoxy) is 1. The van der Waals surface area contributed by atoms with E-state index in [0.29, 0.717) is 16.4 Å². The first kappa shape index (κ1) is 14.2. The average molecular weight is 311 g/mol. The average Bonchev–Trinajstić information content (AvgIpc) is 2.94. The van der Waals surface area contributed by atoms with Crippen LogP contribution in [0.5, 0.6) is 11.6 Å². The molecule has 2 aromatic heterocycles. The summed E-state index contributed by atoms with van der Waals surface area (Å²) in [6.45, 7) is 1.88. The number of hydrogen-bond donors (Lipinski definition) is 1. The molecule has 0 atom stereocenters. The molecule has 0 spiro atoms. The fraction of sp³-hybridized carbons (Fsp3) is 0.0625. The highest BCUT2D eigenvalue weighted by molar-refractivity contribution is 7.13. The van der Waals surface area contributed by atoms with Gasteiger partial charge in [0.2, 0.25) is 5.88 Å². The molecule has 1 aromatic carbocycles. The largest absolute Gasteiger partial charge is 0.438 e. The minimum atomic E-state index is -0.298. The molecule has 0 aliphatic heterocycles. The summed E-state index contributed by atoms with van der Waals surface area (Å²) < 4.78 is 5.68. The highest BCUT2D eigenvalue weighted by Gasteiger charge is 2.15. The van der Waals surface area contributed by atoms with Gasteiger partial charge in [-0.25, -0.2) is 9.97 Å². The van der Waals surface area contributed by atoms with Crippen molar-refractivity contribution in [2.45, 2.75) is 6.92 Å². The summed E-state index contributed by atoms with van der Waals surface area (Å²) in [4.78, 5) is 20.7. The molecular formula is C16H13N3O2S. The third-order valence-corrected chi connectivity index (χ3v) is 3.69. The van der Waals surface area contributed by atoms with Gasteiger partial charge >= 0.3 is 0 Å². The minimum Gasteiger partial charge on any atom is -0.438 e. The minimum absolute atomic E-state index is 0.263. The number of para-hydroxylation sites is 1. The van der Waals surface area contributed by atoms with E-state index in [1.165, 1.54) is 11.3 Å². The highest BCUT2D eigenvalue weighted by atomic mass is 32.1. The van der Waals surface area contributed by atoms with Crippen molar-refractivity contribution in [1.29, 1.82) is 0 Å². The van der Waals surface area contributed by atoms with Crippen molar-refractivity contribution in [2.75, 3.05) is 5.32 Å². The summed E-state index contributed by atoms with van der Waals surface area (Å²) in [6.07, 6.45) is 1.59. The first-order valence-corrected chi connectivity index (χ1v) is 7.52. The van der Waals surface area contributed by atoms with E-state index in [0.717, 1.165) is 5.69 Å². The van der Waals surface area contributed by atoms with Crippen molar-refractivity contribution in [3.05, 3.63) is 65.3 Å². The summed E-state index contributed by atoms with van der Waals surface area (Å²) in [5.41, 5.74) is 1.23. The van der Waals surface area contributed by atoms with Crippen LogP contribution < -0.4 is 10.1 Å². The number of rotatable bonds is 4. The van der Waals surface area contributed by atoms with E-state index < -0.39 is 0 Å². The van der Waals surface area contributed by atoms with Crippen molar-refractivity contribution in [2.24, 2.45) is 0 Å². The molecule has 3 aromatic rings. The Hall–Kier alpha value is -2.73. The number of aromatic nitrogens is 2. The van der Waals surface area contributed by atoms with Gasteiger partial charge in [0.1, 0.15) is 11.3 Å². The zero-order valence-electron chi connectivity index (χ0n) is 11.8. The quantitative estimate of drug-likeness (QED) is 0.794. The van der Waals surface area contributed by atoms with Gasteiger partial charge < -0.3 is 4.74 Å². The number of aryl methyl sites for hydroxylation is 1. The lowest BCUT2D eigenvalue weighted by atomic mass is 10.2. The maximum atomic E-state index is 12.4. The molecule has 0 aliphatic carbocycles. The van der Waals surface area contributed by atoms with Crippen molar-refractivity contribution in [3.8, 4) is 11.6 Å². The maximum Gasteiger partial charge on any atom is 0.262 e. The molecule has 0 radical (unpaired) electrons. The maximum absolute atomic E-state index is 12.4. The molecule has 0 unspecified atom stereocenters. The number of carbonyl (C=O) groups is 1. The zero-order chi connectivity index (χ0) is 15.4. The normalized spacial score (nSPS) is 10.2. The Balaban J connectivity index is 1.83. The van der Waals surface area contributed by atoms with Crippen LogP contribution in [0.3, 0.4) is 0 Å². The molecule has 0 bridgehead atoms. The summed E-state index contributed by atoms with van der Waals surface area (Å²) in [7, 11) is 0. The van der Waals surface area contributed by atoms with E-state index in [2.05, 4.69) is 15.3 Å². The van der Waals surface area contributed by atoms with Gasteiger partial charge in [-0.15, -0.1) is 11.3 Å². The van der Waals surface area contributed by atoms with Gasteiger partial charge in [0.15, 0.2) is 5.13 Å². The lowest BCUT2D eigenvalue weighted by Gasteiger charge is -2.09. The summed E-state index contributed by atoms with van der Waals surface area (Å²) >= 11 is 1.38. The van der Waals surface area contributed by atoms with Crippen LogP contribution in [-0.2, 0) is 0 Å². The van der Waals surface area contributed by atoms with Crippen molar-refractivity contribution < 1.29 is 9.53 Å². The van der Waals surface area contributed by atoms with Crippen molar-refractivity contribution in [1.82, 2.24) is 9.97 Å². The van der Waals surface area contributed by atoms with Crippen LogP contribution in [0.4, 0.5) is 5.13 Å². The van der Waals surface area contributed by atoms with E-state index in [1.807, 2.05) is 30.5 Å². The summed E-state index contributed by atoms with van der Waals surface area (Å²) in [6, 6.07) is 12.6. The Labute approximate surface area is 131 Å². The fourth-order valence-electron chi connectivity index (χ4n) is 1.82. The topological polar surface area (TPSA) is 64.1 Å². The number of carbonyl (C=O) groups excluding carboxylic acids is 1. The Morgan fingerprint density at radius 3 is 2.73 bits per heavy atom. The highest BCUT2D eigenvalue weighted by Crippen LogP contribution is 2.24. The molecule has 0 saturated heterocycles. The standard InChI is InChI=1S/C16H13N3O2S/c1-11-10-22-16(18-11)19-14(20)13-8-5-9-17-15(13)21-12-6-3-2-4-7-12/h2-10H,1H3,(H,18,19,20). The molecule has 0 fully saturated rings. The smallest absolute Gasteiger partial charge is 0.262 e. The number of anilines is 1. The number of pyridine rings is 1. The molecule has 3 rings (SSSR count). The van der Waals surface area contributed by atoms with Crippen LogP contribution in [0, 0.1) is 6.92 Å². The lowest BCUT2D eigenvalue weighted by Crippen LogP contribution is -2.13. The molecule has 5 nitrogen and oxygen atoms in total. The Morgan fingerprint density at radius 1 is 1.18 bits per heavy atom. The van der Waals surface area contributed by atoms with E-state index in [4.69, 9.17) is 4.74 Å². The summed E-state index contributed by atoms with van der Waals surface area (Å²) in [5.74, 6) is 0.591. The molecular weight excluding hydrogens is 298 g/mol. The van der Waals surface area contributed by atoms with Crippen LogP contribution in [0.15, 0.2) is 54.0 Å².